The average molecular weight is 279 g/mol. The van der Waals surface area contributed by atoms with Gasteiger partial charge in [-0.2, -0.15) is 0 Å². The van der Waals surface area contributed by atoms with E-state index in [4.69, 9.17) is 4.98 Å². The molecule has 3 aromatic rings. The van der Waals surface area contributed by atoms with E-state index in [0.29, 0.717) is 0 Å². The topological polar surface area (TPSA) is 29.0 Å². The number of thiazole rings is 1. The van der Waals surface area contributed by atoms with Gasteiger partial charge < -0.3 is 4.90 Å². The number of hydrogen-bond acceptors (Lipinski definition) is 4. The number of nitrogens with zero attached hydrogens (tertiary/aromatic N) is 3. The van der Waals surface area contributed by atoms with Gasteiger partial charge in [0.15, 0.2) is 0 Å². The first kappa shape index (κ1) is 11.6. The van der Waals surface area contributed by atoms with Gasteiger partial charge in [-0.3, -0.25) is 4.98 Å². The minimum absolute atomic E-state index is 1.01. The lowest BCUT2D eigenvalue weighted by atomic mass is 10.2. The summed E-state index contributed by atoms with van der Waals surface area (Å²) in [5.74, 6) is 1.05. The molecule has 0 unspecified atom stereocenters. The molecule has 1 aromatic carbocycles. The first-order chi connectivity index (χ1) is 9.92. The second-order valence-electron chi connectivity index (χ2n) is 4.78. The van der Waals surface area contributed by atoms with Crippen molar-refractivity contribution in [2.24, 2.45) is 0 Å². The van der Waals surface area contributed by atoms with Gasteiger partial charge in [0.05, 0.1) is 0 Å². The highest BCUT2D eigenvalue weighted by Crippen LogP contribution is 2.36. The third-order valence-corrected chi connectivity index (χ3v) is 4.46. The average Bonchev–Trinajstić information content (AvgIpc) is 3.14. The van der Waals surface area contributed by atoms with E-state index in [1.165, 1.54) is 11.3 Å². The van der Waals surface area contributed by atoms with Crippen LogP contribution in [-0.4, -0.2) is 16.5 Å². The van der Waals surface area contributed by atoms with Crippen LogP contribution in [0.1, 0.15) is 5.56 Å². The number of pyridine rings is 1. The van der Waals surface area contributed by atoms with Crippen LogP contribution in [0, 0.1) is 0 Å². The molecular weight excluding hydrogens is 266 g/mol. The van der Waals surface area contributed by atoms with Crippen LogP contribution in [-0.2, 0) is 6.42 Å². The molecule has 0 spiro atoms. The molecule has 0 aliphatic carbocycles. The van der Waals surface area contributed by atoms with Crippen LogP contribution in [0.15, 0.2) is 54.2 Å². The molecule has 1 aliphatic heterocycles. The highest BCUT2D eigenvalue weighted by atomic mass is 32.1. The van der Waals surface area contributed by atoms with Crippen molar-refractivity contribution in [3.05, 3.63) is 59.7 Å². The second kappa shape index (κ2) is 4.72. The Morgan fingerprint density at radius 2 is 1.90 bits per heavy atom. The molecule has 3 nitrogen and oxygen atoms in total. The van der Waals surface area contributed by atoms with Gasteiger partial charge >= 0.3 is 0 Å². The summed E-state index contributed by atoms with van der Waals surface area (Å²) in [6.45, 7) is 1.01. The summed E-state index contributed by atoms with van der Waals surface area (Å²) < 4.78 is 0. The van der Waals surface area contributed by atoms with Crippen molar-refractivity contribution >= 4 is 22.8 Å². The van der Waals surface area contributed by atoms with Crippen LogP contribution in [0.5, 0.6) is 0 Å². The third kappa shape index (κ3) is 1.89. The molecule has 0 saturated heterocycles. The van der Waals surface area contributed by atoms with E-state index in [0.717, 1.165) is 29.4 Å². The molecule has 0 fully saturated rings. The fourth-order valence-electron chi connectivity index (χ4n) is 2.59. The standard InChI is InChI=1S/C16H13N3S/c1-2-4-14-12(3-1)7-10-19(14)15-11-20-16(18-15)13-5-8-17-9-6-13/h1-6,8-9,11H,7,10H2. The molecule has 1 aliphatic rings. The van der Waals surface area contributed by atoms with Crippen molar-refractivity contribution in [1.82, 2.24) is 9.97 Å². The number of anilines is 2. The van der Waals surface area contributed by atoms with E-state index in [1.54, 1.807) is 11.3 Å². The SMILES string of the molecule is c1ccc2c(c1)CCN2c1csc(-c2ccncc2)n1. The van der Waals surface area contributed by atoms with E-state index in [2.05, 4.69) is 39.5 Å². The fourth-order valence-corrected chi connectivity index (χ4v) is 3.41. The summed E-state index contributed by atoms with van der Waals surface area (Å²) in [7, 11) is 0. The normalized spacial score (nSPS) is 13.5. The van der Waals surface area contributed by atoms with Gasteiger partial charge in [0.2, 0.25) is 0 Å². The second-order valence-corrected chi connectivity index (χ2v) is 5.64. The van der Waals surface area contributed by atoms with Crippen LogP contribution in [0.25, 0.3) is 10.6 Å². The molecule has 0 N–H and O–H groups in total. The van der Waals surface area contributed by atoms with Crippen molar-refractivity contribution in [2.45, 2.75) is 6.42 Å². The van der Waals surface area contributed by atoms with E-state index in [-0.39, 0.29) is 0 Å². The Balaban J connectivity index is 1.70. The lowest BCUT2D eigenvalue weighted by Crippen LogP contribution is -2.13. The number of rotatable bonds is 2. The summed E-state index contributed by atoms with van der Waals surface area (Å²) >= 11 is 1.68. The molecule has 0 amide bonds. The molecule has 2 aromatic heterocycles. The minimum atomic E-state index is 1.01. The maximum absolute atomic E-state index is 4.78. The van der Waals surface area contributed by atoms with Crippen LogP contribution >= 0.6 is 11.3 Å². The van der Waals surface area contributed by atoms with E-state index in [1.807, 2.05) is 24.5 Å². The Morgan fingerprint density at radius 1 is 1.05 bits per heavy atom. The highest BCUT2D eigenvalue weighted by molar-refractivity contribution is 7.13. The molecule has 20 heavy (non-hydrogen) atoms. The van der Waals surface area contributed by atoms with Crippen molar-refractivity contribution in [2.75, 3.05) is 11.4 Å². The largest absolute Gasteiger partial charge is 0.325 e. The summed E-state index contributed by atoms with van der Waals surface area (Å²) in [5.41, 5.74) is 3.83. The molecule has 98 valence electrons. The van der Waals surface area contributed by atoms with Crippen molar-refractivity contribution < 1.29 is 0 Å². The molecule has 0 atom stereocenters. The van der Waals surface area contributed by atoms with Gasteiger partial charge in [-0.05, 0) is 30.2 Å². The van der Waals surface area contributed by atoms with Gasteiger partial charge in [-0.25, -0.2) is 4.98 Å². The molecule has 4 rings (SSSR count). The minimum Gasteiger partial charge on any atom is -0.325 e. The fraction of sp³-hybridized carbons (Fsp3) is 0.125. The molecule has 4 heteroatoms. The first-order valence-corrected chi connectivity index (χ1v) is 7.51. The van der Waals surface area contributed by atoms with Crippen molar-refractivity contribution in [1.29, 1.82) is 0 Å². The molecule has 3 heterocycles. The molecule has 0 bridgehead atoms. The van der Waals surface area contributed by atoms with Crippen LogP contribution in [0.3, 0.4) is 0 Å². The van der Waals surface area contributed by atoms with Crippen molar-refractivity contribution in [3.63, 3.8) is 0 Å². The van der Waals surface area contributed by atoms with Gasteiger partial charge in [0.25, 0.3) is 0 Å². The zero-order valence-corrected chi connectivity index (χ0v) is 11.7. The van der Waals surface area contributed by atoms with Crippen LogP contribution in [0.4, 0.5) is 11.5 Å². The monoisotopic (exact) mass is 279 g/mol. The van der Waals surface area contributed by atoms with E-state index >= 15 is 0 Å². The smallest absolute Gasteiger partial charge is 0.144 e. The summed E-state index contributed by atoms with van der Waals surface area (Å²) in [5, 5.41) is 3.18. The maximum Gasteiger partial charge on any atom is 0.144 e. The number of fused-ring (bicyclic) bond motifs is 1. The van der Waals surface area contributed by atoms with Gasteiger partial charge in [-0.1, -0.05) is 18.2 Å². The van der Waals surface area contributed by atoms with E-state index in [9.17, 15) is 0 Å². The Kier molecular flexibility index (Phi) is 2.74. The van der Waals surface area contributed by atoms with Gasteiger partial charge in [-0.15, -0.1) is 11.3 Å². The summed E-state index contributed by atoms with van der Waals surface area (Å²) in [6, 6.07) is 12.6. The zero-order valence-electron chi connectivity index (χ0n) is 10.9. The van der Waals surface area contributed by atoms with Crippen LogP contribution in [0.2, 0.25) is 0 Å². The van der Waals surface area contributed by atoms with Crippen molar-refractivity contribution in [3.8, 4) is 10.6 Å². The van der Waals surface area contributed by atoms with Gasteiger partial charge in [0, 0.05) is 35.6 Å². The predicted molar refractivity (Wildman–Crippen MR) is 82.5 cm³/mol. The number of aromatic nitrogens is 2. The zero-order chi connectivity index (χ0) is 13.4. The number of para-hydroxylation sites is 1. The summed E-state index contributed by atoms with van der Waals surface area (Å²) in [6.07, 6.45) is 4.71. The molecular formula is C16H13N3S. The number of hydrogen-bond donors (Lipinski definition) is 0. The Morgan fingerprint density at radius 3 is 2.80 bits per heavy atom. The Hall–Kier alpha value is -2.20. The summed E-state index contributed by atoms with van der Waals surface area (Å²) in [4.78, 5) is 11.1. The first-order valence-electron chi connectivity index (χ1n) is 6.63. The lowest BCUT2D eigenvalue weighted by Gasteiger charge is -2.15. The lowest BCUT2D eigenvalue weighted by molar-refractivity contribution is 0.982. The molecule has 0 radical (unpaired) electrons. The highest BCUT2D eigenvalue weighted by Gasteiger charge is 2.21. The Labute approximate surface area is 121 Å². The quantitative estimate of drug-likeness (QED) is 0.712. The third-order valence-electron chi connectivity index (χ3n) is 3.58. The van der Waals surface area contributed by atoms with E-state index < -0.39 is 0 Å². The van der Waals surface area contributed by atoms with Gasteiger partial charge in [0.1, 0.15) is 10.8 Å². The van der Waals surface area contributed by atoms with Crippen LogP contribution < -0.4 is 4.90 Å². The maximum atomic E-state index is 4.78. The predicted octanol–water partition coefficient (Wildman–Crippen LogP) is 3.90. The molecule has 0 saturated carbocycles. The number of benzene rings is 1. The Bertz CT molecular complexity index is 736.